The first-order valence-corrected chi connectivity index (χ1v) is 9.82. The number of pyridine rings is 1. The zero-order valence-electron chi connectivity index (χ0n) is 17.1. The van der Waals surface area contributed by atoms with E-state index in [4.69, 9.17) is 0 Å². The van der Waals surface area contributed by atoms with Crippen molar-refractivity contribution in [2.45, 2.75) is 13.5 Å². The van der Waals surface area contributed by atoms with Gasteiger partial charge in [-0.2, -0.15) is 0 Å². The maximum Gasteiger partial charge on any atom is 0.278 e. The molecule has 1 aliphatic rings. The Morgan fingerprint density at radius 3 is 2.28 bits per heavy atom. The Labute approximate surface area is 183 Å². The van der Waals surface area contributed by atoms with Crippen LogP contribution in [0.3, 0.4) is 0 Å². The van der Waals surface area contributed by atoms with E-state index in [-0.39, 0.29) is 23.7 Å². The summed E-state index contributed by atoms with van der Waals surface area (Å²) in [7, 11) is 0. The Balaban J connectivity index is 1.68. The summed E-state index contributed by atoms with van der Waals surface area (Å²) in [6, 6.07) is 15.6. The summed E-state index contributed by atoms with van der Waals surface area (Å²) in [6.45, 7) is 1.47. The molecule has 1 aromatic heterocycles. The number of aromatic nitrogens is 1. The third-order valence-corrected chi connectivity index (χ3v) is 4.84. The third kappa shape index (κ3) is 4.39. The highest BCUT2D eigenvalue weighted by Gasteiger charge is 2.39. The number of carbonyl (C=O) groups excluding carboxylic acids is 3. The van der Waals surface area contributed by atoms with Crippen molar-refractivity contribution in [1.82, 2.24) is 9.88 Å². The highest BCUT2D eigenvalue weighted by Crippen LogP contribution is 2.31. The molecule has 0 radical (unpaired) electrons. The lowest BCUT2D eigenvalue weighted by molar-refractivity contribution is -0.137. The van der Waals surface area contributed by atoms with Crippen LogP contribution >= 0.6 is 0 Å². The number of nitrogens with one attached hydrogen (secondary N) is 2. The van der Waals surface area contributed by atoms with Crippen LogP contribution in [0.5, 0.6) is 0 Å². The molecule has 3 aromatic rings. The number of benzene rings is 2. The number of halogens is 1. The van der Waals surface area contributed by atoms with E-state index in [0.29, 0.717) is 22.5 Å². The minimum absolute atomic E-state index is 0.0584. The average molecular weight is 430 g/mol. The molecule has 8 heteroatoms. The van der Waals surface area contributed by atoms with E-state index in [9.17, 15) is 18.8 Å². The quantitative estimate of drug-likeness (QED) is 0.584. The van der Waals surface area contributed by atoms with Gasteiger partial charge >= 0.3 is 0 Å². The molecule has 0 saturated carbocycles. The molecule has 2 heterocycles. The second kappa shape index (κ2) is 8.81. The van der Waals surface area contributed by atoms with Gasteiger partial charge in [-0.05, 0) is 53.6 Å². The van der Waals surface area contributed by atoms with E-state index < -0.39 is 17.6 Å². The molecule has 0 fully saturated rings. The number of carbonyl (C=O) groups is 3. The Hall–Kier alpha value is -4.33. The van der Waals surface area contributed by atoms with Crippen molar-refractivity contribution in [3.05, 3.63) is 95.7 Å². The fourth-order valence-electron chi connectivity index (χ4n) is 3.38. The summed E-state index contributed by atoms with van der Waals surface area (Å²) in [5, 5.41) is 5.69. The maximum atomic E-state index is 13.5. The van der Waals surface area contributed by atoms with Gasteiger partial charge in [0, 0.05) is 30.7 Å². The summed E-state index contributed by atoms with van der Waals surface area (Å²) in [5.41, 5.74) is 2.54. The maximum absolute atomic E-state index is 13.5. The standard InChI is InChI=1S/C24H19FN4O3/c1-15(30)27-19-8-10-20(11-9-19)28-22-21(17-4-6-18(25)7-5-17)23(31)29(24(22)32)14-16-3-2-12-26-13-16/h2-13,28H,14H2,1H3,(H,27,30). The van der Waals surface area contributed by atoms with Crippen LogP contribution < -0.4 is 10.6 Å². The highest BCUT2D eigenvalue weighted by atomic mass is 19.1. The molecule has 4 rings (SSSR count). The number of nitrogens with zero attached hydrogens (tertiary/aromatic N) is 2. The Kier molecular flexibility index (Phi) is 5.76. The zero-order valence-corrected chi connectivity index (χ0v) is 17.1. The molecule has 2 aromatic carbocycles. The monoisotopic (exact) mass is 430 g/mol. The molecule has 0 atom stereocenters. The van der Waals surface area contributed by atoms with Crippen molar-refractivity contribution in [3.63, 3.8) is 0 Å². The van der Waals surface area contributed by atoms with Crippen molar-refractivity contribution in [2.75, 3.05) is 10.6 Å². The van der Waals surface area contributed by atoms with E-state index in [1.54, 1.807) is 48.8 Å². The van der Waals surface area contributed by atoms with Gasteiger partial charge in [-0.3, -0.25) is 24.3 Å². The van der Waals surface area contributed by atoms with Crippen LogP contribution in [0, 0.1) is 5.82 Å². The second-order valence-corrected chi connectivity index (χ2v) is 7.20. The number of imide groups is 1. The van der Waals surface area contributed by atoms with E-state index in [2.05, 4.69) is 15.6 Å². The van der Waals surface area contributed by atoms with Crippen LogP contribution in [0.15, 0.2) is 78.8 Å². The lowest BCUT2D eigenvalue weighted by Gasteiger charge is -2.15. The minimum atomic E-state index is -0.496. The zero-order chi connectivity index (χ0) is 22.7. The summed E-state index contributed by atoms with van der Waals surface area (Å²) >= 11 is 0. The van der Waals surface area contributed by atoms with Gasteiger partial charge in [0.15, 0.2) is 0 Å². The molecule has 0 saturated heterocycles. The van der Waals surface area contributed by atoms with E-state index in [1.165, 1.54) is 31.2 Å². The first-order valence-electron chi connectivity index (χ1n) is 9.82. The largest absolute Gasteiger partial charge is 0.350 e. The number of amides is 3. The van der Waals surface area contributed by atoms with E-state index >= 15 is 0 Å². The molecule has 3 amide bonds. The van der Waals surface area contributed by atoms with Crippen molar-refractivity contribution in [3.8, 4) is 0 Å². The summed E-state index contributed by atoms with van der Waals surface area (Å²) < 4.78 is 13.5. The Bertz CT molecular complexity index is 1210. The lowest BCUT2D eigenvalue weighted by Crippen LogP contribution is -2.32. The van der Waals surface area contributed by atoms with E-state index in [1.807, 2.05) is 0 Å². The van der Waals surface area contributed by atoms with Crippen molar-refractivity contribution >= 4 is 34.7 Å². The van der Waals surface area contributed by atoms with E-state index in [0.717, 1.165) is 4.90 Å². The molecule has 0 aliphatic carbocycles. The first kappa shape index (κ1) is 20.9. The summed E-state index contributed by atoms with van der Waals surface area (Å²) in [4.78, 5) is 42.8. The molecule has 0 unspecified atom stereocenters. The molecule has 160 valence electrons. The number of hydrogen-bond donors (Lipinski definition) is 2. The lowest BCUT2D eigenvalue weighted by atomic mass is 10.0. The van der Waals surface area contributed by atoms with Crippen LogP contribution in [0.2, 0.25) is 0 Å². The van der Waals surface area contributed by atoms with Gasteiger partial charge in [-0.1, -0.05) is 18.2 Å². The number of rotatable bonds is 6. The molecular weight excluding hydrogens is 411 g/mol. The van der Waals surface area contributed by atoms with Crippen LogP contribution in [0.25, 0.3) is 5.57 Å². The molecule has 32 heavy (non-hydrogen) atoms. The summed E-state index contributed by atoms with van der Waals surface area (Å²) in [5.74, 6) is -1.62. The molecule has 7 nitrogen and oxygen atoms in total. The SMILES string of the molecule is CC(=O)Nc1ccc(NC2=C(c3ccc(F)cc3)C(=O)N(Cc3cccnc3)C2=O)cc1. The molecule has 2 N–H and O–H groups in total. The van der Waals surface area contributed by atoms with Crippen molar-refractivity contribution in [1.29, 1.82) is 0 Å². The second-order valence-electron chi connectivity index (χ2n) is 7.20. The van der Waals surface area contributed by atoms with Gasteiger partial charge in [0.2, 0.25) is 5.91 Å². The molecular formula is C24H19FN4O3. The predicted molar refractivity (Wildman–Crippen MR) is 117 cm³/mol. The van der Waals surface area contributed by atoms with Gasteiger partial charge in [0.25, 0.3) is 11.8 Å². The van der Waals surface area contributed by atoms with Gasteiger partial charge in [0.1, 0.15) is 11.5 Å². The Morgan fingerprint density at radius 1 is 0.969 bits per heavy atom. The fourth-order valence-corrected chi connectivity index (χ4v) is 3.38. The van der Waals surface area contributed by atoms with Gasteiger partial charge in [-0.25, -0.2) is 4.39 Å². The number of anilines is 2. The number of hydrogen-bond acceptors (Lipinski definition) is 5. The van der Waals surface area contributed by atoms with Crippen LogP contribution in [-0.4, -0.2) is 27.6 Å². The Morgan fingerprint density at radius 2 is 1.66 bits per heavy atom. The third-order valence-electron chi connectivity index (χ3n) is 4.84. The van der Waals surface area contributed by atoms with Crippen molar-refractivity contribution < 1.29 is 18.8 Å². The van der Waals surface area contributed by atoms with Crippen LogP contribution in [0.4, 0.5) is 15.8 Å². The first-order chi connectivity index (χ1) is 15.4. The fraction of sp³-hybridized carbons (Fsp3) is 0.0833. The normalized spacial score (nSPS) is 13.5. The predicted octanol–water partition coefficient (Wildman–Crippen LogP) is 3.57. The summed E-state index contributed by atoms with van der Waals surface area (Å²) in [6.07, 6.45) is 3.20. The molecule has 0 bridgehead atoms. The van der Waals surface area contributed by atoms with Gasteiger partial charge < -0.3 is 10.6 Å². The van der Waals surface area contributed by atoms with Gasteiger partial charge in [-0.15, -0.1) is 0 Å². The van der Waals surface area contributed by atoms with Crippen molar-refractivity contribution in [2.24, 2.45) is 0 Å². The van der Waals surface area contributed by atoms with Crippen LogP contribution in [-0.2, 0) is 20.9 Å². The molecule has 1 aliphatic heterocycles. The highest BCUT2D eigenvalue weighted by molar-refractivity contribution is 6.36. The van der Waals surface area contributed by atoms with Crippen LogP contribution in [0.1, 0.15) is 18.1 Å². The molecule has 0 spiro atoms. The average Bonchev–Trinajstić information content (AvgIpc) is 3.00. The topological polar surface area (TPSA) is 91.4 Å². The van der Waals surface area contributed by atoms with Gasteiger partial charge in [0.05, 0.1) is 12.1 Å². The smallest absolute Gasteiger partial charge is 0.278 e. The minimum Gasteiger partial charge on any atom is -0.350 e.